The van der Waals surface area contributed by atoms with Crippen LogP contribution in [0.5, 0.6) is 0 Å². The standard InChI is InChI=1S/C64H54N2/c1-41(2)47-23-15-25-53(33-47)65(63-43(5)17-13-27-57(63)45-19-9-7-10-20-45)55-31-29-49-37-59-61(39-51(49)35-55)60-38-50-30-32-56(36-52(50)40-62(59)60)66(54-26-16-24-48(34-54)42(3)4)64-44(6)18-14-28-58(64)46-21-11-8-12-22-46/h7-42H,1-6H3. The number of hydrogen-bond donors (Lipinski definition) is 0. The van der Waals surface area contributed by atoms with Gasteiger partial charge in [0, 0.05) is 33.9 Å². The van der Waals surface area contributed by atoms with Crippen molar-refractivity contribution in [3.05, 3.63) is 229 Å². The van der Waals surface area contributed by atoms with Crippen molar-refractivity contribution in [2.75, 3.05) is 9.80 Å². The number of benzene rings is 10. The van der Waals surface area contributed by atoms with Crippen LogP contribution < -0.4 is 9.80 Å². The fourth-order valence-electron chi connectivity index (χ4n) is 10.2. The number of nitrogens with zero attached hydrogens (tertiary/aromatic N) is 2. The minimum absolute atomic E-state index is 0.414. The molecule has 0 N–H and O–H groups in total. The molecule has 66 heavy (non-hydrogen) atoms. The summed E-state index contributed by atoms with van der Waals surface area (Å²) in [6.07, 6.45) is 0. The Morgan fingerprint density at radius 3 is 1.05 bits per heavy atom. The van der Waals surface area contributed by atoms with Crippen LogP contribution >= 0.6 is 0 Å². The highest BCUT2D eigenvalue weighted by Crippen LogP contribution is 2.52. The molecule has 0 heterocycles. The summed E-state index contributed by atoms with van der Waals surface area (Å²) in [6, 6.07) is 76.8. The maximum absolute atomic E-state index is 2.48. The highest BCUT2D eigenvalue weighted by atomic mass is 15.2. The molecule has 320 valence electrons. The summed E-state index contributed by atoms with van der Waals surface area (Å²) in [4.78, 5) is 4.95. The first-order valence-electron chi connectivity index (χ1n) is 23.5. The van der Waals surface area contributed by atoms with Crippen LogP contribution in [-0.2, 0) is 0 Å². The van der Waals surface area contributed by atoms with Gasteiger partial charge >= 0.3 is 0 Å². The normalized spacial score (nSPS) is 11.8. The van der Waals surface area contributed by atoms with E-state index in [1.807, 2.05) is 0 Å². The molecule has 11 rings (SSSR count). The van der Waals surface area contributed by atoms with E-state index < -0.39 is 0 Å². The molecule has 0 spiro atoms. The Bertz CT molecular complexity index is 3210. The molecule has 0 aromatic heterocycles. The molecule has 1 aliphatic rings. The van der Waals surface area contributed by atoms with Crippen LogP contribution in [0, 0.1) is 13.8 Å². The van der Waals surface area contributed by atoms with Gasteiger partial charge in [-0.2, -0.15) is 0 Å². The number of para-hydroxylation sites is 2. The number of aryl methyl sites for hydroxylation is 2. The van der Waals surface area contributed by atoms with Gasteiger partial charge in [0.2, 0.25) is 0 Å². The van der Waals surface area contributed by atoms with Crippen molar-refractivity contribution in [2.45, 2.75) is 53.4 Å². The van der Waals surface area contributed by atoms with Crippen molar-refractivity contribution in [1.29, 1.82) is 0 Å². The van der Waals surface area contributed by atoms with E-state index in [4.69, 9.17) is 0 Å². The lowest BCUT2D eigenvalue weighted by atomic mass is 9.78. The Hall–Kier alpha value is -7.68. The van der Waals surface area contributed by atoms with Crippen LogP contribution in [0.1, 0.15) is 61.8 Å². The zero-order valence-corrected chi connectivity index (χ0v) is 38.7. The van der Waals surface area contributed by atoms with Gasteiger partial charge in [0.15, 0.2) is 0 Å². The van der Waals surface area contributed by atoms with E-state index in [1.165, 1.54) is 99.7 Å². The van der Waals surface area contributed by atoms with Gasteiger partial charge in [0.1, 0.15) is 0 Å². The van der Waals surface area contributed by atoms with Gasteiger partial charge in [-0.25, -0.2) is 0 Å². The van der Waals surface area contributed by atoms with Gasteiger partial charge in [0.25, 0.3) is 0 Å². The van der Waals surface area contributed by atoms with Gasteiger partial charge in [-0.3, -0.25) is 0 Å². The third-order valence-corrected chi connectivity index (χ3v) is 13.7. The molecule has 0 saturated carbocycles. The second-order valence-corrected chi connectivity index (χ2v) is 18.7. The van der Waals surface area contributed by atoms with Crippen LogP contribution in [0.25, 0.3) is 66.1 Å². The van der Waals surface area contributed by atoms with E-state index in [-0.39, 0.29) is 0 Å². The topological polar surface area (TPSA) is 6.48 Å². The predicted molar refractivity (Wildman–Crippen MR) is 284 cm³/mol. The molecule has 10 aromatic carbocycles. The summed E-state index contributed by atoms with van der Waals surface area (Å²) in [7, 11) is 0. The number of fused-ring (bicyclic) bond motifs is 6. The minimum Gasteiger partial charge on any atom is -0.310 e. The van der Waals surface area contributed by atoms with E-state index in [9.17, 15) is 0 Å². The Morgan fingerprint density at radius 1 is 0.288 bits per heavy atom. The van der Waals surface area contributed by atoms with Gasteiger partial charge in [-0.05, 0) is 176 Å². The van der Waals surface area contributed by atoms with Crippen LogP contribution in [0.4, 0.5) is 34.1 Å². The van der Waals surface area contributed by atoms with Gasteiger partial charge in [0.05, 0.1) is 11.4 Å². The van der Waals surface area contributed by atoms with Crippen LogP contribution in [0.3, 0.4) is 0 Å². The molecule has 0 aliphatic heterocycles. The van der Waals surface area contributed by atoms with Crippen molar-refractivity contribution in [2.24, 2.45) is 0 Å². The van der Waals surface area contributed by atoms with E-state index in [2.05, 4.69) is 258 Å². The summed E-state index contributed by atoms with van der Waals surface area (Å²) in [5, 5.41) is 4.95. The van der Waals surface area contributed by atoms with Crippen LogP contribution in [0.15, 0.2) is 206 Å². The van der Waals surface area contributed by atoms with Gasteiger partial charge in [-0.15, -0.1) is 0 Å². The molecule has 2 heteroatoms. The number of hydrogen-bond acceptors (Lipinski definition) is 2. The van der Waals surface area contributed by atoms with Crippen molar-refractivity contribution in [3.63, 3.8) is 0 Å². The SMILES string of the molecule is Cc1cccc(-c2ccccc2)c1N(c1cccc(C(C)C)c1)c1ccc2cc3c(cc2c1)-c1cc2ccc(N(c4cccc(C(C)C)c4)c4c(C)cccc4-c4ccccc4)cc2cc1-3. The molecule has 0 atom stereocenters. The van der Waals surface area contributed by atoms with E-state index in [1.54, 1.807) is 0 Å². The Balaban J connectivity index is 1.02. The Morgan fingerprint density at radius 2 is 0.652 bits per heavy atom. The lowest BCUT2D eigenvalue weighted by Crippen LogP contribution is -2.13. The van der Waals surface area contributed by atoms with E-state index in [0.717, 1.165) is 22.7 Å². The first kappa shape index (κ1) is 41.1. The average Bonchev–Trinajstić information content (AvgIpc) is 3.34. The number of anilines is 6. The molecule has 0 saturated heterocycles. The summed E-state index contributed by atoms with van der Waals surface area (Å²) in [5.41, 5.74) is 22.2. The summed E-state index contributed by atoms with van der Waals surface area (Å²) >= 11 is 0. The lowest BCUT2D eigenvalue weighted by Gasteiger charge is -2.31. The monoisotopic (exact) mass is 850 g/mol. The number of rotatable bonds is 10. The summed E-state index contributed by atoms with van der Waals surface area (Å²) in [6.45, 7) is 13.6. The highest BCUT2D eigenvalue weighted by molar-refractivity contribution is 6.13. The maximum atomic E-state index is 2.48. The quantitative estimate of drug-likeness (QED) is 0.135. The van der Waals surface area contributed by atoms with Crippen LogP contribution in [-0.4, -0.2) is 0 Å². The molecule has 10 aromatic rings. The maximum Gasteiger partial charge on any atom is 0.0569 e. The molecular formula is C64H54N2. The molecule has 0 radical (unpaired) electrons. The Kier molecular flexibility index (Phi) is 10.4. The first-order valence-corrected chi connectivity index (χ1v) is 23.5. The van der Waals surface area contributed by atoms with Crippen molar-refractivity contribution >= 4 is 55.7 Å². The highest BCUT2D eigenvalue weighted by Gasteiger charge is 2.27. The smallest absolute Gasteiger partial charge is 0.0569 e. The second kappa shape index (κ2) is 16.7. The minimum atomic E-state index is 0.414. The van der Waals surface area contributed by atoms with Crippen molar-refractivity contribution < 1.29 is 0 Å². The molecule has 0 unspecified atom stereocenters. The zero-order valence-electron chi connectivity index (χ0n) is 38.7. The molecule has 2 nitrogen and oxygen atoms in total. The Labute approximate surface area is 390 Å². The molecule has 1 aliphatic carbocycles. The molecule has 0 fully saturated rings. The lowest BCUT2D eigenvalue weighted by molar-refractivity contribution is 0.866. The zero-order chi connectivity index (χ0) is 45.1. The van der Waals surface area contributed by atoms with E-state index in [0.29, 0.717) is 11.8 Å². The molecule has 0 amide bonds. The fraction of sp³-hybridized carbons (Fsp3) is 0.125. The predicted octanol–water partition coefficient (Wildman–Crippen LogP) is 18.8. The van der Waals surface area contributed by atoms with Gasteiger partial charge < -0.3 is 9.80 Å². The van der Waals surface area contributed by atoms with Crippen molar-refractivity contribution in [1.82, 2.24) is 0 Å². The molecular weight excluding hydrogens is 797 g/mol. The summed E-state index contributed by atoms with van der Waals surface area (Å²) < 4.78 is 0. The third-order valence-electron chi connectivity index (χ3n) is 13.7. The van der Waals surface area contributed by atoms with Crippen LogP contribution in [0.2, 0.25) is 0 Å². The largest absolute Gasteiger partial charge is 0.310 e. The van der Waals surface area contributed by atoms with Crippen molar-refractivity contribution in [3.8, 4) is 44.5 Å². The summed E-state index contributed by atoms with van der Waals surface area (Å²) in [5.74, 6) is 0.827. The second-order valence-electron chi connectivity index (χ2n) is 18.7. The fourth-order valence-corrected chi connectivity index (χ4v) is 10.2. The van der Waals surface area contributed by atoms with E-state index >= 15 is 0 Å². The first-order chi connectivity index (χ1) is 32.2. The molecule has 0 bridgehead atoms. The third kappa shape index (κ3) is 7.24. The average molecular weight is 851 g/mol. The van der Waals surface area contributed by atoms with Gasteiger partial charge in [-0.1, -0.05) is 161 Å².